The van der Waals surface area contributed by atoms with Crippen molar-refractivity contribution in [3.8, 4) is 28.4 Å². The molecule has 1 aliphatic heterocycles. The van der Waals surface area contributed by atoms with Crippen LogP contribution >= 0.6 is 0 Å². The predicted octanol–water partition coefficient (Wildman–Crippen LogP) is 4.07. The zero-order chi connectivity index (χ0) is 20.5. The number of ether oxygens (including phenoxy) is 3. The maximum atomic E-state index is 12.4. The Morgan fingerprint density at radius 2 is 1.76 bits per heavy atom. The third-order valence-corrected chi connectivity index (χ3v) is 4.85. The molecule has 0 aliphatic carbocycles. The summed E-state index contributed by atoms with van der Waals surface area (Å²) >= 11 is 0. The number of aromatic amines is 1. The van der Waals surface area contributed by atoms with Gasteiger partial charge >= 0.3 is 0 Å². The summed E-state index contributed by atoms with van der Waals surface area (Å²) in [6.45, 7) is 5.83. The summed E-state index contributed by atoms with van der Waals surface area (Å²) < 4.78 is 17.6. The largest absolute Gasteiger partial charge is 0.493 e. The van der Waals surface area contributed by atoms with Crippen LogP contribution in [-0.4, -0.2) is 38.9 Å². The first kappa shape index (κ1) is 19.2. The second-order valence-corrected chi connectivity index (χ2v) is 7.87. The van der Waals surface area contributed by atoms with E-state index in [1.54, 1.807) is 6.07 Å². The Hall–Kier alpha value is -3.15. The first-order valence-electron chi connectivity index (χ1n) is 9.83. The number of hydrogen-bond donors (Lipinski definition) is 1. The van der Waals surface area contributed by atoms with E-state index in [0.717, 1.165) is 28.0 Å². The molecule has 0 unspecified atom stereocenters. The normalized spacial score (nSPS) is 13.0. The minimum Gasteiger partial charge on any atom is -0.493 e. The number of nitrogens with one attached hydrogen (secondary N) is 1. The lowest BCUT2D eigenvalue weighted by Crippen LogP contribution is -2.16. The van der Waals surface area contributed by atoms with Crippen molar-refractivity contribution in [2.24, 2.45) is 5.92 Å². The van der Waals surface area contributed by atoms with Crippen LogP contribution in [0.15, 0.2) is 41.2 Å². The van der Waals surface area contributed by atoms with Crippen LogP contribution in [0.4, 0.5) is 5.69 Å². The van der Waals surface area contributed by atoms with E-state index in [0.29, 0.717) is 42.8 Å². The van der Waals surface area contributed by atoms with E-state index >= 15 is 0 Å². The fraction of sp³-hybridized carbons (Fsp3) is 0.348. The van der Waals surface area contributed by atoms with E-state index < -0.39 is 0 Å². The zero-order valence-electron chi connectivity index (χ0n) is 17.2. The van der Waals surface area contributed by atoms with Gasteiger partial charge in [-0.05, 0) is 24.1 Å². The second kappa shape index (κ2) is 7.70. The van der Waals surface area contributed by atoms with Gasteiger partial charge in [-0.25, -0.2) is 0 Å². The lowest BCUT2D eigenvalue weighted by molar-refractivity contribution is 0.172. The Morgan fingerprint density at radius 3 is 2.45 bits per heavy atom. The lowest BCUT2D eigenvalue weighted by atomic mass is 9.99. The Labute approximate surface area is 170 Å². The molecule has 3 aromatic rings. The average molecular weight is 394 g/mol. The standard InChI is InChI=1S/C23H26N2O4/c1-14(2)13-29-20-9-15(25(3)4)5-6-16(20)17-11-23(26)24-19-12-22-21(10-18(17)19)27-7-8-28-22/h5-6,9-12,14H,7-8,13H2,1-4H3,(H,24,26). The number of nitrogens with zero attached hydrogens (tertiary/aromatic N) is 1. The Balaban J connectivity index is 1.92. The van der Waals surface area contributed by atoms with Gasteiger partial charge in [0.2, 0.25) is 5.56 Å². The molecule has 2 heterocycles. The molecule has 0 fully saturated rings. The van der Waals surface area contributed by atoms with Crippen molar-refractivity contribution >= 4 is 16.6 Å². The number of H-pyrrole nitrogens is 1. The summed E-state index contributed by atoms with van der Waals surface area (Å²) in [5, 5.41) is 0.890. The topological polar surface area (TPSA) is 63.8 Å². The summed E-state index contributed by atoms with van der Waals surface area (Å²) in [6.07, 6.45) is 0. The smallest absolute Gasteiger partial charge is 0.249 e. The molecule has 1 N–H and O–H groups in total. The highest BCUT2D eigenvalue weighted by Crippen LogP contribution is 2.40. The number of fused-ring (bicyclic) bond motifs is 2. The summed E-state index contributed by atoms with van der Waals surface area (Å²) in [5.74, 6) is 2.48. The van der Waals surface area contributed by atoms with E-state index in [4.69, 9.17) is 14.2 Å². The molecule has 1 aliphatic rings. The van der Waals surface area contributed by atoms with Crippen LogP contribution in [0, 0.1) is 5.92 Å². The van der Waals surface area contributed by atoms with E-state index in [2.05, 4.69) is 18.8 Å². The Kier molecular flexibility index (Phi) is 5.09. The van der Waals surface area contributed by atoms with Crippen LogP contribution in [0.5, 0.6) is 17.2 Å². The number of benzene rings is 2. The molecule has 0 spiro atoms. The number of aromatic nitrogens is 1. The maximum Gasteiger partial charge on any atom is 0.249 e. The van der Waals surface area contributed by atoms with Gasteiger partial charge in [0.05, 0.1) is 12.1 Å². The van der Waals surface area contributed by atoms with Crippen LogP contribution in [-0.2, 0) is 0 Å². The SMILES string of the molecule is CC(C)COc1cc(N(C)C)ccc1-c1cc(=O)[nH]c2cc3c(cc12)OCCO3. The molecule has 0 atom stereocenters. The molecular formula is C23H26N2O4. The second-order valence-electron chi connectivity index (χ2n) is 7.87. The van der Waals surface area contributed by atoms with Crippen LogP contribution in [0.2, 0.25) is 0 Å². The molecule has 4 rings (SSSR count). The highest BCUT2D eigenvalue weighted by Gasteiger charge is 2.18. The highest BCUT2D eigenvalue weighted by molar-refractivity contribution is 5.98. The minimum atomic E-state index is -0.171. The van der Waals surface area contributed by atoms with E-state index in [9.17, 15) is 4.79 Å². The maximum absolute atomic E-state index is 12.4. The van der Waals surface area contributed by atoms with Gasteiger partial charge in [-0.1, -0.05) is 13.8 Å². The van der Waals surface area contributed by atoms with E-state index in [-0.39, 0.29) is 5.56 Å². The molecule has 0 radical (unpaired) electrons. The van der Waals surface area contributed by atoms with Gasteiger partial charge in [0.25, 0.3) is 0 Å². The summed E-state index contributed by atoms with van der Waals surface area (Å²) in [4.78, 5) is 17.4. The highest BCUT2D eigenvalue weighted by atomic mass is 16.6. The monoisotopic (exact) mass is 394 g/mol. The first-order chi connectivity index (χ1) is 13.9. The lowest BCUT2D eigenvalue weighted by Gasteiger charge is -2.21. The quantitative estimate of drug-likeness (QED) is 0.707. The molecule has 152 valence electrons. The number of anilines is 1. The molecule has 0 saturated heterocycles. The van der Waals surface area contributed by atoms with Crippen molar-refractivity contribution in [3.05, 3.63) is 46.8 Å². The summed E-state index contributed by atoms with van der Waals surface area (Å²) in [5.41, 5.74) is 3.27. The molecule has 6 nitrogen and oxygen atoms in total. The molecule has 0 saturated carbocycles. The minimum absolute atomic E-state index is 0.171. The Morgan fingerprint density at radius 1 is 1.03 bits per heavy atom. The van der Waals surface area contributed by atoms with Crippen LogP contribution in [0.3, 0.4) is 0 Å². The fourth-order valence-corrected chi connectivity index (χ4v) is 3.40. The first-order valence-corrected chi connectivity index (χ1v) is 9.83. The van der Waals surface area contributed by atoms with E-state index in [1.165, 1.54) is 0 Å². The van der Waals surface area contributed by atoms with Gasteiger partial charge in [-0.2, -0.15) is 0 Å². The van der Waals surface area contributed by atoms with Crippen molar-refractivity contribution in [1.29, 1.82) is 0 Å². The third kappa shape index (κ3) is 3.88. The van der Waals surface area contributed by atoms with E-state index in [1.807, 2.05) is 49.3 Å². The number of pyridine rings is 1. The molecule has 6 heteroatoms. The fourth-order valence-electron chi connectivity index (χ4n) is 3.40. The summed E-state index contributed by atoms with van der Waals surface area (Å²) in [6, 6.07) is 11.4. The molecular weight excluding hydrogens is 368 g/mol. The van der Waals surface area contributed by atoms with Crippen molar-refractivity contribution in [3.63, 3.8) is 0 Å². The van der Waals surface area contributed by atoms with Gasteiger partial charge in [0.1, 0.15) is 19.0 Å². The van der Waals surface area contributed by atoms with Gasteiger partial charge in [0.15, 0.2) is 11.5 Å². The van der Waals surface area contributed by atoms with Gasteiger partial charge < -0.3 is 24.1 Å². The van der Waals surface area contributed by atoms with Crippen molar-refractivity contribution in [2.75, 3.05) is 38.8 Å². The van der Waals surface area contributed by atoms with Crippen LogP contribution in [0.1, 0.15) is 13.8 Å². The average Bonchev–Trinajstić information content (AvgIpc) is 2.70. The number of rotatable bonds is 5. The van der Waals surface area contributed by atoms with Crippen LogP contribution in [0.25, 0.3) is 22.0 Å². The molecule has 29 heavy (non-hydrogen) atoms. The van der Waals surface area contributed by atoms with Gasteiger partial charge in [-0.15, -0.1) is 0 Å². The predicted molar refractivity (Wildman–Crippen MR) is 116 cm³/mol. The van der Waals surface area contributed by atoms with Crippen molar-refractivity contribution < 1.29 is 14.2 Å². The van der Waals surface area contributed by atoms with Gasteiger partial charge in [-0.3, -0.25) is 4.79 Å². The van der Waals surface area contributed by atoms with Crippen molar-refractivity contribution in [1.82, 2.24) is 4.98 Å². The third-order valence-electron chi connectivity index (χ3n) is 4.85. The summed E-state index contributed by atoms with van der Waals surface area (Å²) in [7, 11) is 3.99. The zero-order valence-corrected chi connectivity index (χ0v) is 17.2. The molecule has 0 bridgehead atoms. The number of hydrogen-bond acceptors (Lipinski definition) is 5. The van der Waals surface area contributed by atoms with Crippen molar-refractivity contribution in [2.45, 2.75) is 13.8 Å². The molecule has 2 aromatic carbocycles. The van der Waals surface area contributed by atoms with Gasteiger partial charge in [0, 0.05) is 54.5 Å². The molecule has 0 amide bonds. The Bertz CT molecular complexity index is 1100. The molecule has 1 aromatic heterocycles. The van der Waals surface area contributed by atoms with Crippen LogP contribution < -0.4 is 24.7 Å².